The highest BCUT2D eigenvalue weighted by Crippen LogP contribution is 2.24. The van der Waals surface area contributed by atoms with E-state index in [9.17, 15) is 4.79 Å². The Morgan fingerprint density at radius 2 is 2.08 bits per heavy atom. The molecule has 0 saturated carbocycles. The summed E-state index contributed by atoms with van der Waals surface area (Å²) in [6.07, 6.45) is 4.44. The molecule has 1 unspecified atom stereocenters. The van der Waals surface area contributed by atoms with E-state index < -0.39 is 0 Å². The number of aryl methyl sites for hydroxylation is 1. The topological polar surface area (TPSA) is 46.8 Å². The fraction of sp³-hybridized carbons (Fsp3) is 0.333. The number of carbonyl (C=O) groups excluding carboxylic acids is 1. The molecular formula is C18H21N3O2S. The van der Waals surface area contributed by atoms with Crippen molar-refractivity contribution in [3.63, 3.8) is 0 Å². The van der Waals surface area contributed by atoms with Gasteiger partial charge in [0.15, 0.2) is 4.96 Å². The number of thiazole rings is 1. The first-order valence-corrected chi connectivity index (χ1v) is 8.65. The van der Waals surface area contributed by atoms with Gasteiger partial charge in [0.1, 0.15) is 10.6 Å². The predicted molar refractivity (Wildman–Crippen MR) is 96.1 cm³/mol. The molecule has 0 spiro atoms. The first-order valence-electron chi connectivity index (χ1n) is 7.83. The van der Waals surface area contributed by atoms with Gasteiger partial charge in [0.05, 0.1) is 7.11 Å². The molecule has 24 heavy (non-hydrogen) atoms. The van der Waals surface area contributed by atoms with Crippen LogP contribution in [0.3, 0.4) is 0 Å². The molecule has 0 aliphatic rings. The number of hydrogen-bond donors (Lipinski definition) is 0. The summed E-state index contributed by atoms with van der Waals surface area (Å²) in [5.41, 5.74) is 2.13. The van der Waals surface area contributed by atoms with E-state index >= 15 is 0 Å². The first-order chi connectivity index (χ1) is 11.5. The lowest BCUT2D eigenvalue weighted by atomic mass is 10.1. The summed E-state index contributed by atoms with van der Waals surface area (Å²) in [5, 5.41) is 0. The van der Waals surface area contributed by atoms with Crippen LogP contribution in [-0.4, -0.2) is 40.4 Å². The van der Waals surface area contributed by atoms with Gasteiger partial charge in [0, 0.05) is 31.2 Å². The quantitative estimate of drug-likeness (QED) is 0.713. The monoisotopic (exact) mass is 343 g/mol. The molecule has 0 fully saturated rings. The summed E-state index contributed by atoms with van der Waals surface area (Å²) in [5.74, 6) is 0.886. The van der Waals surface area contributed by atoms with Crippen LogP contribution in [0.5, 0.6) is 5.75 Å². The fourth-order valence-electron chi connectivity index (χ4n) is 2.69. The molecule has 0 radical (unpaired) electrons. The zero-order valence-electron chi connectivity index (χ0n) is 14.3. The van der Waals surface area contributed by atoms with Crippen molar-refractivity contribution in [1.29, 1.82) is 0 Å². The molecular weight excluding hydrogens is 322 g/mol. The van der Waals surface area contributed by atoms with Gasteiger partial charge in [-0.3, -0.25) is 9.20 Å². The molecule has 0 N–H and O–H groups in total. The fourth-order valence-corrected chi connectivity index (χ4v) is 3.76. The Balaban J connectivity index is 1.74. The van der Waals surface area contributed by atoms with Crippen molar-refractivity contribution in [1.82, 2.24) is 14.3 Å². The number of amides is 1. The molecule has 6 heteroatoms. The van der Waals surface area contributed by atoms with E-state index in [1.54, 1.807) is 13.3 Å². The summed E-state index contributed by atoms with van der Waals surface area (Å²) in [7, 11) is 3.52. The Kier molecular flexibility index (Phi) is 4.57. The van der Waals surface area contributed by atoms with Gasteiger partial charge in [0.25, 0.3) is 5.91 Å². The highest BCUT2D eigenvalue weighted by Gasteiger charge is 2.23. The molecule has 0 saturated heterocycles. The van der Waals surface area contributed by atoms with Gasteiger partial charge >= 0.3 is 0 Å². The largest absolute Gasteiger partial charge is 0.497 e. The normalized spacial score (nSPS) is 12.3. The molecule has 5 nitrogen and oxygen atoms in total. The number of fused-ring (bicyclic) bond motifs is 1. The lowest BCUT2D eigenvalue weighted by molar-refractivity contribution is 0.0747. The lowest BCUT2D eigenvalue weighted by Crippen LogP contribution is -2.36. The minimum Gasteiger partial charge on any atom is -0.497 e. The van der Waals surface area contributed by atoms with Gasteiger partial charge in [0.2, 0.25) is 0 Å². The van der Waals surface area contributed by atoms with Crippen molar-refractivity contribution in [3.8, 4) is 5.75 Å². The van der Waals surface area contributed by atoms with E-state index in [2.05, 4.69) is 11.9 Å². The number of hydrogen-bond acceptors (Lipinski definition) is 4. The maximum Gasteiger partial charge on any atom is 0.265 e. The number of likely N-dealkylation sites (N-methyl/N-ethyl adjacent to an activating group) is 1. The van der Waals surface area contributed by atoms with Crippen LogP contribution in [0.25, 0.3) is 4.96 Å². The number of ether oxygens (including phenoxy) is 1. The lowest BCUT2D eigenvalue weighted by Gasteiger charge is -2.25. The van der Waals surface area contributed by atoms with Crippen molar-refractivity contribution in [3.05, 3.63) is 52.8 Å². The molecule has 0 bridgehead atoms. The van der Waals surface area contributed by atoms with Gasteiger partial charge in [-0.25, -0.2) is 4.98 Å². The Bertz CT molecular complexity index is 851. The number of carbonyl (C=O) groups is 1. The smallest absolute Gasteiger partial charge is 0.265 e. The molecule has 1 amide bonds. The summed E-state index contributed by atoms with van der Waals surface area (Å²) in [4.78, 5) is 20.5. The van der Waals surface area contributed by atoms with E-state index in [0.29, 0.717) is 0 Å². The number of aromatic nitrogens is 2. The molecule has 0 aliphatic heterocycles. The second-order valence-corrected chi connectivity index (χ2v) is 6.89. The maximum atomic E-state index is 12.8. The average molecular weight is 343 g/mol. The average Bonchev–Trinajstić information content (AvgIpc) is 3.17. The molecule has 0 aliphatic carbocycles. The first kappa shape index (κ1) is 16.5. The van der Waals surface area contributed by atoms with Gasteiger partial charge in [-0.05, 0) is 38.0 Å². The number of rotatable bonds is 5. The van der Waals surface area contributed by atoms with Crippen molar-refractivity contribution in [2.45, 2.75) is 26.3 Å². The molecule has 2 heterocycles. The molecule has 3 rings (SSSR count). The molecule has 3 aromatic rings. The molecule has 126 valence electrons. The second kappa shape index (κ2) is 6.65. The van der Waals surface area contributed by atoms with Crippen LogP contribution in [-0.2, 0) is 6.42 Å². The molecule has 1 aromatic carbocycles. The summed E-state index contributed by atoms with van der Waals surface area (Å²) < 4.78 is 7.14. The van der Waals surface area contributed by atoms with E-state index in [1.807, 2.05) is 53.7 Å². The second-order valence-electron chi connectivity index (χ2n) is 5.91. The zero-order valence-corrected chi connectivity index (χ0v) is 15.1. The maximum absolute atomic E-state index is 12.8. The predicted octanol–water partition coefficient (Wildman–Crippen LogP) is 3.42. The van der Waals surface area contributed by atoms with Gasteiger partial charge in [-0.2, -0.15) is 0 Å². The van der Waals surface area contributed by atoms with Crippen LogP contribution < -0.4 is 4.74 Å². The SMILES string of the molecule is COc1ccc(CC(C)N(C)C(=O)c2sc3nccn3c2C)cc1. The highest BCUT2D eigenvalue weighted by molar-refractivity contribution is 7.19. The van der Waals surface area contributed by atoms with Crippen molar-refractivity contribution in [2.75, 3.05) is 14.2 Å². The standard InChI is InChI=1S/C18H21N3O2S/c1-12(11-14-5-7-15(23-4)8-6-14)20(3)17(22)16-13(2)21-10-9-19-18(21)24-16/h5-10,12H,11H2,1-4H3. The van der Waals surface area contributed by atoms with E-state index in [0.717, 1.165) is 27.7 Å². The number of methoxy groups -OCH3 is 1. The van der Waals surface area contributed by atoms with Crippen LogP contribution in [0.2, 0.25) is 0 Å². The number of benzene rings is 1. The van der Waals surface area contributed by atoms with Crippen molar-refractivity contribution in [2.24, 2.45) is 0 Å². The third kappa shape index (κ3) is 3.01. The Labute approximate surface area is 145 Å². The zero-order chi connectivity index (χ0) is 17.3. The van der Waals surface area contributed by atoms with E-state index in [4.69, 9.17) is 4.74 Å². The van der Waals surface area contributed by atoms with Crippen LogP contribution in [0.4, 0.5) is 0 Å². The molecule has 1 atom stereocenters. The van der Waals surface area contributed by atoms with E-state index in [1.165, 1.54) is 16.9 Å². The minimum atomic E-state index is 0.0454. The van der Waals surface area contributed by atoms with Gasteiger partial charge in [-0.15, -0.1) is 0 Å². The van der Waals surface area contributed by atoms with Gasteiger partial charge < -0.3 is 9.64 Å². The molecule has 2 aromatic heterocycles. The summed E-state index contributed by atoms with van der Waals surface area (Å²) in [6.45, 7) is 4.02. The van der Waals surface area contributed by atoms with Crippen LogP contribution in [0.1, 0.15) is 27.9 Å². The van der Waals surface area contributed by atoms with Crippen molar-refractivity contribution < 1.29 is 9.53 Å². The number of imidazole rings is 1. The Morgan fingerprint density at radius 3 is 2.71 bits per heavy atom. The number of nitrogens with zero attached hydrogens (tertiary/aromatic N) is 3. The van der Waals surface area contributed by atoms with Crippen LogP contribution in [0.15, 0.2) is 36.7 Å². The van der Waals surface area contributed by atoms with E-state index in [-0.39, 0.29) is 11.9 Å². The Morgan fingerprint density at radius 1 is 1.38 bits per heavy atom. The highest BCUT2D eigenvalue weighted by atomic mass is 32.1. The third-order valence-corrected chi connectivity index (χ3v) is 5.51. The third-order valence-electron chi connectivity index (χ3n) is 4.36. The van der Waals surface area contributed by atoms with Crippen LogP contribution in [0, 0.1) is 6.92 Å². The van der Waals surface area contributed by atoms with Crippen LogP contribution >= 0.6 is 11.3 Å². The minimum absolute atomic E-state index is 0.0454. The Hall–Kier alpha value is -2.34. The summed E-state index contributed by atoms with van der Waals surface area (Å²) >= 11 is 1.44. The van der Waals surface area contributed by atoms with Gasteiger partial charge in [-0.1, -0.05) is 23.5 Å². The van der Waals surface area contributed by atoms with Crippen molar-refractivity contribution >= 4 is 22.2 Å². The summed E-state index contributed by atoms with van der Waals surface area (Å²) in [6, 6.07) is 8.07.